The van der Waals surface area contributed by atoms with Gasteiger partial charge in [0, 0.05) is 0 Å². The van der Waals surface area contributed by atoms with E-state index in [1.807, 2.05) is 6.07 Å². The van der Waals surface area contributed by atoms with E-state index in [-0.39, 0.29) is 0 Å². The molecule has 0 aliphatic heterocycles. The molecule has 0 fully saturated rings. The van der Waals surface area contributed by atoms with Gasteiger partial charge in [0.1, 0.15) is 5.76 Å². The summed E-state index contributed by atoms with van der Waals surface area (Å²) in [6.45, 7) is 10.8. The minimum absolute atomic E-state index is 0.447. The molecular formula is C13H23NO. The molecule has 0 bridgehead atoms. The summed E-state index contributed by atoms with van der Waals surface area (Å²) >= 11 is 0. The van der Waals surface area contributed by atoms with Crippen molar-refractivity contribution in [2.24, 2.45) is 5.41 Å². The fourth-order valence-electron chi connectivity index (χ4n) is 1.53. The lowest BCUT2D eigenvalue weighted by Crippen LogP contribution is -2.17. The van der Waals surface area contributed by atoms with Crippen LogP contribution in [-0.2, 0) is 6.54 Å². The van der Waals surface area contributed by atoms with Crippen molar-refractivity contribution < 1.29 is 4.42 Å². The maximum atomic E-state index is 5.35. The summed E-state index contributed by atoms with van der Waals surface area (Å²) in [5, 5.41) is 3.41. The third kappa shape index (κ3) is 5.03. The zero-order chi connectivity index (χ0) is 11.3. The minimum Gasteiger partial charge on any atom is -0.468 e. The van der Waals surface area contributed by atoms with Gasteiger partial charge in [-0.25, -0.2) is 0 Å². The Morgan fingerprint density at radius 1 is 1.33 bits per heavy atom. The maximum Gasteiger partial charge on any atom is 0.120 e. The molecule has 2 nitrogen and oxygen atoms in total. The van der Waals surface area contributed by atoms with E-state index in [1.54, 1.807) is 6.26 Å². The van der Waals surface area contributed by atoms with Crippen molar-refractivity contribution in [3.63, 3.8) is 0 Å². The largest absolute Gasteiger partial charge is 0.468 e. The van der Waals surface area contributed by atoms with Crippen LogP contribution in [0, 0.1) is 12.3 Å². The second-order valence-corrected chi connectivity index (χ2v) is 5.37. The lowest BCUT2D eigenvalue weighted by molar-refractivity contribution is 0.358. The molecule has 1 aromatic rings. The van der Waals surface area contributed by atoms with Gasteiger partial charge in [0.2, 0.25) is 0 Å². The summed E-state index contributed by atoms with van der Waals surface area (Å²) in [7, 11) is 0. The van der Waals surface area contributed by atoms with E-state index in [9.17, 15) is 0 Å². The molecule has 0 atom stereocenters. The third-order valence-electron chi connectivity index (χ3n) is 2.53. The van der Waals surface area contributed by atoms with Crippen LogP contribution in [0.4, 0.5) is 0 Å². The molecule has 0 aliphatic rings. The molecule has 0 aliphatic carbocycles. The number of rotatable bonds is 5. The van der Waals surface area contributed by atoms with Crippen molar-refractivity contribution >= 4 is 0 Å². The molecule has 1 rings (SSSR count). The van der Waals surface area contributed by atoms with Crippen LogP contribution in [0.5, 0.6) is 0 Å². The molecule has 86 valence electrons. The first kappa shape index (κ1) is 12.3. The lowest BCUT2D eigenvalue weighted by atomic mass is 9.91. The maximum absolute atomic E-state index is 5.35. The first-order chi connectivity index (χ1) is 6.99. The summed E-state index contributed by atoms with van der Waals surface area (Å²) in [4.78, 5) is 0. The molecule has 0 spiro atoms. The molecule has 1 N–H and O–H groups in total. The highest BCUT2D eigenvalue weighted by Crippen LogP contribution is 2.19. The van der Waals surface area contributed by atoms with E-state index in [0.717, 1.165) is 18.8 Å². The predicted octanol–water partition coefficient (Wildman–Crippen LogP) is 3.50. The summed E-state index contributed by atoms with van der Waals surface area (Å²) in [5.41, 5.74) is 1.68. The fraction of sp³-hybridized carbons (Fsp3) is 0.692. The number of nitrogens with one attached hydrogen (secondary N) is 1. The van der Waals surface area contributed by atoms with Gasteiger partial charge in [-0.1, -0.05) is 20.8 Å². The van der Waals surface area contributed by atoms with E-state index in [0.29, 0.717) is 5.41 Å². The Hall–Kier alpha value is -0.760. The molecule has 0 radical (unpaired) electrons. The first-order valence-electron chi connectivity index (χ1n) is 5.73. The van der Waals surface area contributed by atoms with Gasteiger partial charge in [0.05, 0.1) is 12.8 Å². The topological polar surface area (TPSA) is 25.2 Å². The normalized spacial score (nSPS) is 12.0. The Morgan fingerprint density at radius 2 is 2.07 bits per heavy atom. The van der Waals surface area contributed by atoms with E-state index in [2.05, 4.69) is 33.0 Å². The van der Waals surface area contributed by atoms with Crippen molar-refractivity contribution in [1.82, 2.24) is 5.32 Å². The van der Waals surface area contributed by atoms with Crippen molar-refractivity contribution in [3.05, 3.63) is 23.7 Å². The molecule has 1 aromatic heterocycles. The van der Waals surface area contributed by atoms with E-state index in [1.165, 1.54) is 18.4 Å². The van der Waals surface area contributed by atoms with E-state index < -0.39 is 0 Å². The Morgan fingerprint density at radius 3 is 2.60 bits per heavy atom. The van der Waals surface area contributed by atoms with Crippen LogP contribution in [0.25, 0.3) is 0 Å². The summed E-state index contributed by atoms with van der Waals surface area (Å²) in [6, 6.07) is 2.01. The molecule has 0 saturated heterocycles. The van der Waals surface area contributed by atoms with Gasteiger partial charge in [-0.3, -0.25) is 0 Å². The summed E-state index contributed by atoms with van der Waals surface area (Å²) in [5.74, 6) is 1.06. The Labute approximate surface area is 93.1 Å². The highest BCUT2D eigenvalue weighted by atomic mass is 16.3. The van der Waals surface area contributed by atoms with Crippen molar-refractivity contribution in [2.45, 2.75) is 47.1 Å². The SMILES string of the molecule is Cc1ccoc1CNCCCC(C)(C)C. The third-order valence-corrected chi connectivity index (χ3v) is 2.53. The van der Waals surface area contributed by atoms with Gasteiger partial charge >= 0.3 is 0 Å². The van der Waals surface area contributed by atoms with E-state index in [4.69, 9.17) is 4.42 Å². The van der Waals surface area contributed by atoms with Crippen LogP contribution in [0.15, 0.2) is 16.7 Å². The zero-order valence-electron chi connectivity index (χ0n) is 10.4. The van der Waals surface area contributed by atoms with Gasteiger partial charge in [-0.05, 0) is 43.4 Å². The van der Waals surface area contributed by atoms with Crippen LogP contribution < -0.4 is 5.32 Å². The fourth-order valence-corrected chi connectivity index (χ4v) is 1.53. The summed E-state index contributed by atoms with van der Waals surface area (Å²) in [6.07, 6.45) is 4.24. The van der Waals surface area contributed by atoms with Gasteiger partial charge in [-0.15, -0.1) is 0 Å². The molecule has 0 saturated carbocycles. The van der Waals surface area contributed by atoms with Crippen molar-refractivity contribution in [1.29, 1.82) is 0 Å². The number of hydrogen-bond acceptors (Lipinski definition) is 2. The zero-order valence-corrected chi connectivity index (χ0v) is 10.4. The first-order valence-corrected chi connectivity index (χ1v) is 5.73. The molecular weight excluding hydrogens is 186 g/mol. The number of furan rings is 1. The highest BCUT2D eigenvalue weighted by molar-refractivity contribution is 5.13. The number of hydrogen-bond donors (Lipinski definition) is 1. The average molecular weight is 209 g/mol. The molecule has 15 heavy (non-hydrogen) atoms. The second-order valence-electron chi connectivity index (χ2n) is 5.37. The molecule has 1 heterocycles. The quantitative estimate of drug-likeness (QED) is 0.751. The summed E-state index contributed by atoms with van der Waals surface area (Å²) < 4.78 is 5.35. The lowest BCUT2D eigenvalue weighted by Gasteiger charge is -2.17. The van der Waals surface area contributed by atoms with Gasteiger partial charge < -0.3 is 9.73 Å². The minimum atomic E-state index is 0.447. The predicted molar refractivity (Wildman–Crippen MR) is 63.8 cm³/mol. The van der Waals surface area contributed by atoms with Crippen LogP contribution in [0.2, 0.25) is 0 Å². The number of aryl methyl sites for hydroxylation is 1. The Kier molecular flexibility index (Phi) is 4.40. The Bertz CT molecular complexity index is 283. The van der Waals surface area contributed by atoms with Crippen LogP contribution in [0.1, 0.15) is 44.9 Å². The van der Waals surface area contributed by atoms with Crippen molar-refractivity contribution in [3.8, 4) is 0 Å². The van der Waals surface area contributed by atoms with Gasteiger partial charge in [-0.2, -0.15) is 0 Å². The van der Waals surface area contributed by atoms with Gasteiger partial charge in [0.15, 0.2) is 0 Å². The van der Waals surface area contributed by atoms with Crippen molar-refractivity contribution in [2.75, 3.05) is 6.54 Å². The Balaban J connectivity index is 2.10. The second kappa shape index (κ2) is 5.36. The smallest absolute Gasteiger partial charge is 0.120 e. The van der Waals surface area contributed by atoms with Gasteiger partial charge in [0.25, 0.3) is 0 Å². The molecule has 2 heteroatoms. The average Bonchev–Trinajstić information content (AvgIpc) is 2.49. The monoisotopic (exact) mass is 209 g/mol. The van der Waals surface area contributed by atoms with Crippen LogP contribution in [-0.4, -0.2) is 6.54 Å². The molecule has 0 aromatic carbocycles. The molecule has 0 amide bonds. The van der Waals surface area contributed by atoms with Crippen LogP contribution in [0.3, 0.4) is 0 Å². The molecule has 0 unspecified atom stereocenters. The van der Waals surface area contributed by atoms with Crippen LogP contribution >= 0.6 is 0 Å². The highest BCUT2D eigenvalue weighted by Gasteiger charge is 2.08. The standard InChI is InChI=1S/C13H23NO/c1-11-6-9-15-12(11)10-14-8-5-7-13(2,3)4/h6,9,14H,5,7-8,10H2,1-4H3. The van der Waals surface area contributed by atoms with E-state index >= 15 is 0 Å².